The first-order chi connectivity index (χ1) is 8.91. The van der Waals surface area contributed by atoms with Gasteiger partial charge in [-0.3, -0.25) is 19.8 Å². The van der Waals surface area contributed by atoms with Gasteiger partial charge in [-0.1, -0.05) is 0 Å². The van der Waals surface area contributed by atoms with Gasteiger partial charge in [0.2, 0.25) is 11.8 Å². The van der Waals surface area contributed by atoms with Crippen LogP contribution >= 0.6 is 0 Å². The molecule has 3 N–H and O–H groups in total. The number of amides is 2. The Morgan fingerprint density at radius 1 is 1.37 bits per heavy atom. The van der Waals surface area contributed by atoms with E-state index in [4.69, 9.17) is 0 Å². The molecule has 0 spiro atoms. The molecule has 110 valence electrons. The third-order valence-corrected chi connectivity index (χ3v) is 3.32. The molecule has 1 unspecified atom stereocenters. The monoisotopic (exact) mass is 270 g/mol. The standard InChI is InChI=1S/C13H26N4O2/c1-9(2)17(10(3)4)6-5-14-13(19)11-7-16-12(18)8-15-11/h9-11,15H,5-8H2,1-4H3,(H,14,19)(H,16,18). The van der Waals surface area contributed by atoms with Gasteiger partial charge in [0.25, 0.3) is 0 Å². The van der Waals surface area contributed by atoms with Gasteiger partial charge in [0.1, 0.15) is 6.04 Å². The van der Waals surface area contributed by atoms with E-state index in [1.54, 1.807) is 0 Å². The molecule has 0 radical (unpaired) electrons. The zero-order valence-electron chi connectivity index (χ0n) is 12.3. The van der Waals surface area contributed by atoms with Crippen LogP contribution in [0.5, 0.6) is 0 Å². The topological polar surface area (TPSA) is 73.5 Å². The Morgan fingerprint density at radius 3 is 2.47 bits per heavy atom. The predicted octanol–water partition coefficient (Wildman–Crippen LogP) is -0.691. The maximum atomic E-state index is 11.9. The van der Waals surface area contributed by atoms with Gasteiger partial charge in [0.05, 0.1) is 6.54 Å². The number of carbonyl (C=O) groups is 2. The van der Waals surface area contributed by atoms with E-state index in [1.807, 2.05) is 0 Å². The molecule has 0 aromatic carbocycles. The molecule has 1 heterocycles. The van der Waals surface area contributed by atoms with E-state index < -0.39 is 0 Å². The molecule has 1 aliphatic rings. The van der Waals surface area contributed by atoms with Crippen LogP contribution in [0, 0.1) is 0 Å². The maximum absolute atomic E-state index is 11.9. The molecular formula is C13H26N4O2. The quantitative estimate of drug-likeness (QED) is 0.597. The number of hydrogen-bond donors (Lipinski definition) is 3. The van der Waals surface area contributed by atoms with Crippen LogP contribution < -0.4 is 16.0 Å². The molecule has 1 aliphatic heterocycles. The molecular weight excluding hydrogens is 244 g/mol. The van der Waals surface area contributed by atoms with Crippen LogP contribution in [0.15, 0.2) is 0 Å². The number of nitrogens with one attached hydrogen (secondary N) is 3. The number of carbonyl (C=O) groups excluding carboxylic acids is 2. The fraction of sp³-hybridized carbons (Fsp3) is 0.846. The number of hydrogen-bond acceptors (Lipinski definition) is 4. The molecule has 19 heavy (non-hydrogen) atoms. The molecule has 2 amide bonds. The second-order valence-corrected chi connectivity index (χ2v) is 5.45. The van der Waals surface area contributed by atoms with Crippen LogP contribution in [0.4, 0.5) is 0 Å². The number of nitrogens with zero attached hydrogens (tertiary/aromatic N) is 1. The number of rotatable bonds is 6. The van der Waals surface area contributed by atoms with Gasteiger partial charge in [-0.25, -0.2) is 0 Å². The van der Waals surface area contributed by atoms with Crippen LogP contribution in [-0.2, 0) is 9.59 Å². The van der Waals surface area contributed by atoms with Crippen molar-refractivity contribution in [3.63, 3.8) is 0 Å². The Balaban J connectivity index is 2.28. The molecule has 0 bridgehead atoms. The van der Waals surface area contributed by atoms with Crippen LogP contribution in [0.3, 0.4) is 0 Å². The zero-order valence-corrected chi connectivity index (χ0v) is 12.3. The van der Waals surface area contributed by atoms with Gasteiger partial charge in [-0.05, 0) is 27.7 Å². The minimum absolute atomic E-state index is 0.0486. The summed E-state index contributed by atoms with van der Waals surface area (Å²) in [5.41, 5.74) is 0. The lowest BCUT2D eigenvalue weighted by atomic mass is 10.2. The van der Waals surface area contributed by atoms with Crippen molar-refractivity contribution in [1.29, 1.82) is 0 Å². The van der Waals surface area contributed by atoms with Crippen molar-refractivity contribution >= 4 is 11.8 Å². The Labute approximate surface area is 115 Å². The van der Waals surface area contributed by atoms with Crippen molar-refractivity contribution < 1.29 is 9.59 Å². The average molecular weight is 270 g/mol. The minimum Gasteiger partial charge on any atom is -0.353 e. The first-order valence-electron chi connectivity index (χ1n) is 6.95. The van der Waals surface area contributed by atoms with Crippen LogP contribution in [-0.4, -0.2) is 61.0 Å². The Bertz CT molecular complexity index is 300. The largest absolute Gasteiger partial charge is 0.353 e. The molecule has 1 atom stereocenters. The summed E-state index contributed by atoms with van der Waals surface area (Å²) >= 11 is 0. The second kappa shape index (κ2) is 7.45. The molecule has 6 heteroatoms. The van der Waals surface area contributed by atoms with Crippen molar-refractivity contribution in [2.75, 3.05) is 26.2 Å². The fourth-order valence-corrected chi connectivity index (χ4v) is 2.30. The van der Waals surface area contributed by atoms with E-state index in [0.29, 0.717) is 25.2 Å². The first kappa shape index (κ1) is 15.9. The van der Waals surface area contributed by atoms with Gasteiger partial charge in [-0.15, -0.1) is 0 Å². The molecule has 1 saturated heterocycles. The fourth-order valence-electron chi connectivity index (χ4n) is 2.30. The third-order valence-electron chi connectivity index (χ3n) is 3.32. The summed E-state index contributed by atoms with van der Waals surface area (Å²) < 4.78 is 0. The molecule has 0 aromatic rings. The zero-order chi connectivity index (χ0) is 14.4. The van der Waals surface area contributed by atoms with Crippen molar-refractivity contribution in [2.45, 2.75) is 45.8 Å². The molecule has 0 aromatic heterocycles. The van der Waals surface area contributed by atoms with E-state index in [-0.39, 0.29) is 24.4 Å². The molecule has 6 nitrogen and oxygen atoms in total. The van der Waals surface area contributed by atoms with E-state index in [1.165, 1.54) is 0 Å². The van der Waals surface area contributed by atoms with Crippen molar-refractivity contribution in [3.05, 3.63) is 0 Å². The summed E-state index contributed by atoms with van der Waals surface area (Å²) in [5, 5.41) is 8.50. The first-order valence-corrected chi connectivity index (χ1v) is 6.95. The molecule has 1 rings (SSSR count). The lowest BCUT2D eigenvalue weighted by Gasteiger charge is -2.31. The summed E-state index contributed by atoms with van der Waals surface area (Å²) in [5.74, 6) is -0.109. The summed E-state index contributed by atoms with van der Waals surface area (Å²) in [4.78, 5) is 25.2. The SMILES string of the molecule is CC(C)N(CCNC(=O)C1CNC(=O)CN1)C(C)C. The second-order valence-electron chi connectivity index (χ2n) is 5.45. The number of piperazine rings is 1. The van der Waals surface area contributed by atoms with E-state index >= 15 is 0 Å². The predicted molar refractivity (Wildman–Crippen MR) is 74.8 cm³/mol. The van der Waals surface area contributed by atoms with Crippen molar-refractivity contribution in [3.8, 4) is 0 Å². The summed E-state index contributed by atoms with van der Waals surface area (Å²) in [7, 11) is 0. The highest BCUT2D eigenvalue weighted by molar-refractivity contribution is 5.86. The van der Waals surface area contributed by atoms with E-state index in [9.17, 15) is 9.59 Å². The molecule has 0 saturated carbocycles. The van der Waals surface area contributed by atoms with Gasteiger partial charge in [0, 0.05) is 31.7 Å². The van der Waals surface area contributed by atoms with E-state index in [0.717, 1.165) is 6.54 Å². The Hall–Kier alpha value is -1.14. The van der Waals surface area contributed by atoms with Crippen LogP contribution in [0.2, 0.25) is 0 Å². The van der Waals surface area contributed by atoms with E-state index in [2.05, 4.69) is 48.5 Å². The highest BCUT2D eigenvalue weighted by atomic mass is 16.2. The smallest absolute Gasteiger partial charge is 0.239 e. The van der Waals surface area contributed by atoms with Crippen LogP contribution in [0.25, 0.3) is 0 Å². The van der Waals surface area contributed by atoms with Gasteiger partial charge >= 0.3 is 0 Å². The lowest BCUT2D eigenvalue weighted by Crippen LogP contribution is -2.58. The molecule has 0 aliphatic carbocycles. The third kappa shape index (κ3) is 5.16. The summed E-state index contributed by atoms with van der Waals surface area (Å²) in [6.45, 7) is 10.6. The average Bonchev–Trinajstić information content (AvgIpc) is 2.34. The van der Waals surface area contributed by atoms with Crippen molar-refractivity contribution in [2.24, 2.45) is 0 Å². The lowest BCUT2D eigenvalue weighted by molar-refractivity contribution is -0.126. The summed E-state index contributed by atoms with van der Waals surface area (Å²) in [6, 6.07) is 0.609. The summed E-state index contributed by atoms with van der Waals surface area (Å²) in [6.07, 6.45) is 0. The normalized spacial score (nSPS) is 19.9. The highest BCUT2D eigenvalue weighted by Crippen LogP contribution is 2.03. The minimum atomic E-state index is -0.316. The Kier molecular flexibility index (Phi) is 6.24. The van der Waals surface area contributed by atoms with Gasteiger partial charge in [-0.2, -0.15) is 0 Å². The van der Waals surface area contributed by atoms with Gasteiger partial charge in [0.15, 0.2) is 0 Å². The van der Waals surface area contributed by atoms with Crippen LogP contribution in [0.1, 0.15) is 27.7 Å². The van der Waals surface area contributed by atoms with Crippen molar-refractivity contribution in [1.82, 2.24) is 20.9 Å². The van der Waals surface area contributed by atoms with Gasteiger partial charge < -0.3 is 10.6 Å². The Morgan fingerprint density at radius 2 is 2.00 bits per heavy atom. The maximum Gasteiger partial charge on any atom is 0.239 e. The highest BCUT2D eigenvalue weighted by Gasteiger charge is 2.23. The molecule has 1 fully saturated rings.